The number of fused-ring (bicyclic) bond motifs is 1. The van der Waals surface area contributed by atoms with E-state index < -0.39 is 11.8 Å². The Hall–Kier alpha value is -1.98. The highest BCUT2D eigenvalue weighted by Gasteiger charge is 2.38. The normalized spacial score (nSPS) is 22.0. The number of nitrogens with zero attached hydrogens (tertiary/aromatic N) is 1. The largest absolute Gasteiger partial charge is 0.366 e. The van der Waals surface area contributed by atoms with Gasteiger partial charge in [0.25, 0.3) is 5.91 Å². The molecule has 0 bridgehead atoms. The quantitative estimate of drug-likeness (QED) is 0.887. The molecule has 0 spiro atoms. The highest BCUT2D eigenvalue weighted by atomic mass is 19.3. The topological polar surface area (TPSA) is 71.8 Å². The molecule has 0 saturated heterocycles. The first-order valence-electron chi connectivity index (χ1n) is 6.62. The van der Waals surface area contributed by atoms with Crippen LogP contribution < -0.4 is 5.73 Å². The summed E-state index contributed by atoms with van der Waals surface area (Å²) in [7, 11) is 0. The van der Waals surface area contributed by atoms with Crippen LogP contribution in [0.5, 0.6) is 0 Å². The number of hydrogen-bond donors (Lipinski definition) is 2. The van der Waals surface area contributed by atoms with E-state index in [4.69, 9.17) is 5.73 Å². The second kappa shape index (κ2) is 4.54. The van der Waals surface area contributed by atoms with Crippen LogP contribution in [0.15, 0.2) is 18.2 Å². The molecule has 0 radical (unpaired) electrons. The molecule has 0 aliphatic heterocycles. The average molecular weight is 279 g/mol. The van der Waals surface area contributed by atoms with E-state index in [0.717, 1.165) is 0 Å². The van der Waals surface area contributed by atoms with Crippen LogP contribution >= 0.6 is 0 Å². The minimum atomic E-state index is -2.63. The number of aromatic nitrogens is 2. The molecule has 1 aliphatic rings. The zero-order valence-corrected chi connectivity index (χ0v) is 10.8. The fraction of sp³-hybridized carbons (Fsp3) is 0.429. The zero-order chi connectivity index (χ0) is 14.3. The van der Waals surface area contributed by atoms with E-state index in [1.807, 2.05) is 0 Å². The first kappa shape index (κ1) is 13.0. The number of imidazole rings is 1. The van der Waals surface area contributed by atoms with Crippen molar-refractivity contribution in [3.05, 3.63) is 29.6 Å². The molecule has 3 N–H and O–H groups in total. The number of primary amides is 1. The highest BCUT2D eigenvalue weighted by Crippen LogP contribution is 2.41. The molecule has 4 nitrogen and oxygen atoms in total. The van der Waals surface area contributed by atoms with Crippen LogP contribution in [0.4, 0.5) is 8.78 Å². The number of hydrogen-bond acceptors (Lipinski definition) is 2. The molecule has 1 amide bonds. The Kier molecular flexibility index (Phi) is 2.96. The van der Waals surface area contributed by atoms with Crippen LogP contribution in [0.25, 0.3) is 11.0 Å². The number of benzene rings is 1. The van der Waals surface area contributed by atoms with Gasteiger partial charge in [-0.05, 0) is 25.0 Å². The van der Waals surface area contributed by atoms with E-state index >= 15 is 0 Å². The van der Waals surface area contributed by atoms with Gasteiger partial charge >= 0.3 is 0 Å². The van der Waals surface area contributed by atoms with Gasteiger partial charge in [0.15, 0.2) is 0 Å². The van der Waals surface area contributed by atoms with Crippen LogP contribution in [-0.4, -0.2) is 21.8 Å². The molecule has 1 saturated carbocycles. The van der Waals surface area contributed by atoms with Crippen molar-refractivity contribution in [2.24, 2.45) is 5.73 Å². The predicted molar refractivity (Wildman–Crippen MR) is 70.8 cm³/mol. The minimum Gasteiger partial charge on any atom is -0.366 e. The molecule has 1 aliphatic carbocycles. The fourth-order valence-corrected chi connectivity index (χ4v) is 2.85. The lowest BCUT2D eigenvalue weighted by Crippen LogP contribution is -2.25. The summed E-state index contributed by atoms with van der Waals surface area (Å²) in [5, 5.41) is 0. The van der Waals surface area contributed by atoms with Crippen molar-refractivity contribution < 1.29 is 13.6 Å². The number of nitrogens with one attached hydrogen (secondary N) is 1. The Bertz CT molecular complexity index is 665. The van der Waals surface area contributed by atoms with Crippen molar-refractivity contribution in [3.8, 4) is 0 Å². The molecule has 20 heavy (non-hydrogen) atoms. The van der Waals surface area contributed by atoms with Crippen LogP contribution in [0, 0.1) is 0 Å². The van der Waals surface area contributed by atoms with Crippen molar-refractivity contribution in [3.63, 3.8) is 0 Å². The first-order valence-corrected chi connectivity index (χ1v) is 6.62. The summed E-state index contributed by atoms with van der Waals surface area (Å²) in [6.45, 7) is 0. The van der Waals surface area contributed by atoms with Gasteiger partial charge in [-0.1, -0.05) is 6.07 Å². The second-order valence-electron chi connectivity index (χ2n) is 5.34. The van der Waals surface area contributed by atoms with E-state index in [1.165, 1.54) is 0 Å². The highest BCUT2D eigenvalue weighted by molar-refractivity contribution is 6.04. The Morgan fingerprint density at radius 1 is 1.45 bits per heavy atom. The Morgan fingerprint density at radius 2 is 2.25 bits per heavy atom. The van der Waals surface area contributed by atoms with Crippen LogP contribution in [-0.2, 0) is 0 Å². The third-order valence-electron chi connectivity index (χ3n) is 3.82. The summed E-state index contributed by atoms with van der Waals surface area (Å²) in [5.74, 6) is -2.98. The Morgan fingerprint density at radius 3 is 2.95 bits per heavy atom. The molecule has 0 unspecified atom stereocenters. The second-order valence-corrected chi connectivity index (χ2v) is 5.34. The van der Waals surface area contributed by atoms with E-state index in [1.54, 1.807) is 18.2 Å². The number of alkyl halides is 2. The molecule has 1 aromatic carbocycles. The number of H-pyrrole nitrogens is 1. The van der Waals surface area contributed by atoms with E-state index in [0.29, 0.717) is 35.3 Å². The SMILES string of the molecule is NC(=O)c1cccc2[nH]c([C@H]3CCCC(F)(F)C3)nc12. The number of para-hydroxylation sites is 1. The number of carbonyl (C=O) groups excluding carboxylic acids is 1. The zero-order valence-electron chi connectivity index (χ0n) is 10.8. The molecule has 1 heterocycles. The van der Waals surface area contributed by atoms with E-state index in [2.05, 4.69) is 9.97 Å². The Balaban J connectivity index is 2.01. The van der Waals surface area contributed by atoms with Gasteiger partial charge in [0.2, 0.25) is 5.92 Å². The van der Waals surface area contributed by atoms with Gasteiger partial charge < -0.3 is 10.7 Å². The Labute approximate surface area is 114 Å². The molecular formula is C14H15F2N3O. The van der Waals surface area contributed by atoms with Gasteiger partial charge in [0.05, 0.1) is 11.1 Å². The van der Waals surface area contributed by atoms with Crippen molar-refractivity contribution in [1.82, 2.24) is 9.97 Å². The van der Waals surface area contributed by atoms with Gasteiger partial charge in [-0.15, -0.1) is 0 Å². The number of halogens is 2. The van der Waals surface area contributed by atoms with Crippen molar-refractivity contribution in [2.45, 2.75) is 37.5 Å². The lowest BCUT2D eigenvalue weighted by molar-refractivity contribution is -0.0416. The van der Waals surface area contributed by atoms with Crippen LogP contribution in [0.3, 0.4) is 0 Å². The lowest BCUT2D eigenvalue weighted by Gasteiger charge is -2.27. The van der Waals surface area contributed by atoms with Gasteiger partial charge in [-0.3, -0.25) is 4.79 Å². The summed E-state index contributed by atoms with van der Waals surface area (Å²) in [6, 6.07) is 5.05. The average Bonchev–Trinajstić information content (AvgIpc) is 2.80. The molecular weight excluding hydrogens is 264 g/mol. The number of carbonyl (C=O) groups is 1. The predicted octanol–water partition coefficient (Wildman–Crippen LogP) is 2.95. The summed E-state index contributed by atoms with van der Waals surface area (Å²) >= 11 is 0. The number of nitrogens with two attached hydrogens (primary N) is 1. The third-order valence-corrected chi connectivity index (χ3v) is 3.82. The molecule has 1 aromatic heterocycles. The third kappa shape index (κ3) is 2.26. The first-order chi connectivity index (χ1) is 9.46. The molecule has 106 valence electrons. The van der Waals surface area contributed by atoms with Crippen LogP contribution in [0.2, 0.25) is 0 Å². The maximum absolute atomic E-state index is 13.5. The van der Waals surface area contributed by atoms with Crippen molar-refractivity contribution in [1.29, 1.82) is 0 Å². The fourth-order valence-electron chi connectivity index (χ4n) is 2.85. The summed E-state index contributed by atoms with van der Waals surface area (Å²) in [5.41, 5.74) is 6.73. The van der Waals surface area contributed by atoms with Gasteiger partial charge in [0.1, 0.15) is 11.3 Å². The molecule has 2 aromatic rings. The molecule has 1 fully saturated rings. The van der Waals surface area contributed by atoms with Crippen LogP contribution in [0.1, 0.15) is 47.8 Å². The number of aromatic amines is 1. The standard InChI is InChI=1S/C14H15F2N3O/c15-14(16)6-2-3-8(7-14)13-18-10-5-1-4-9(12(17)20)11(10)19-13/h1,4-5,8H,2-3,6-7H2,(H2,17,20)(H,18,19)/t8-/m0/s1. The molecule has 3 rings (SSSR count). The van der Waals surface area contributed by atoms with E-state index in [-0.39, 0.29) is 18.8 Å². The van der Waals surface area contributed by atoms with Crippen molar-refractivity contribution in [2.75, 3.05) is 0 Å². The maximum Gasteiger partial charge on any atom is 0.250 e. The molecule has 1 atom stereocenters. The van der Waals surface area contributed by atoms with Gasteiger partial charge in [-0.2, -0.15) is 0 Å². The molecule has 6 heteroatoms. The van der Waals surface area contributed by atoms with Crippen molar-refractivity contribution >= 4 is 16.9 Å². The summed E-state index contributed by atoms with van der Waals surface area (Å²) in [6.07, 6.45) is 0.910. The summed E-state index contributed by atoms with van der Waals surface area (Å²) < 4.78 is 27.0. The van der Waals surface area contributed by atoms with Gasteiger partial charge in [0, 0.05) is 18.8 Å². The number of amides is 1. The smallest absolute Gasteiger partial charge is 0.250 e. The van der Waals surface area contributed by atoms with Gasteiger partial charge in [-0.25, -0.2) is 13.8 Å². The summed E-state index contributed by atoms with van der Waals surface area (Å²) in [4.78, 5) is 18.7. The van der Waals surface area contributed by atoms with E-state index in [9.17, 15) is 13.6 Å². The minimum absolute atomic E-state index is 0.0593. The monoisotopic (exact) mass is 279 g/mol. The number of rotatable bonds is 2. The lowest BCUT2D eigenvalue weighted by atomic mass is 9.86. The maximum atomic E-state index is 13.5.